The van der Waals surface area contributed by atoms with Crippen LogP contribution >= 0.6 is 0 Å². The normalized spacial score (nSPS) is 14.3. The number of carbonyl (C=O) groups excluding carboxylic acids is 3. The molecule has 1 aliphatic rings. The third-order valence-electron chi connectivity index (χ3n) is 5.23. The number of nitrogens with zero attached hydrogens (tertiary/aromatic N) is 1. The SMILES string of the molecule is Cc1ccccc1C(=O)NCCC(=O)N1CCC(NC(=O)c2ccccc2)CC1. The lowest BCUT2D eigenvalue weighted by Crippen LogP contribution is -2.47. The van der Waals surface area contributed by atoms with Crippen LogP contribution in [0.5, 0.6) is 0 Å². The Labute approximate surface area is 171 Å². The zero-order valence-corrected chi connectivity index (χ0v) is 16.7. The van der Waals surface area contributed by atoms with Crippen LogP contribution in [-0.4, -0.2) is 48.3 Å². The lowest BCUT2D eigenvalue weighted by molar-refractivity contribution is -0.132. The van der Waals surface area contributed by atoms with Gasteiger partial charge in [-0.2, -0.15) is 0 Å². The highest BCUT2D eigenvalue weighted by Gasteiger charge is 2.24. The topological polar surface area (TPSA) is 78.5 Å². The van der Waals surface area contributed by atoms with Gasteiger partial charge in [0.25, 0.3) is 11.8 Å². The molecule has 3 amide bonds. The first-order valence-corrected chi connectivity index (χ1v) is 10.0. The van der Waals surface area contributed by atoms with Crippen molar-refractivity contribution >= 4 is 17.7 Å². The summed E-state index contributed by atoms with van der Waals surface area (Å²) in [5.41, 5.74) is 2.20. The van der Waals surface area contributed by atoms with E-state index in [0.29, 0.717) is 30.8 Å². The second-order valence-electron chi connectivity index (χ2n) is 7.32. The minimum absolute atomic E-state index is 0.0305. The summed E-state index contributed by atoms with van der Waals surface area (Å²) in [5.74, 6) is -0.199. The van der Waals surface area contributed by atoms with Crippen LogP contribution in [0.1, 0.15) is 45.5 Å². The number of hydrogen-bond donors (Lipinski definition) is 2. The Morgan fingerprint density at radius 1 is 0.931 bits per heavy atom. The van der Waals surface area contributed by atoms with Crippen molar-refractivity contribution in [2.45, 2.75) is 32.2 Å². The molecular formula is C23H27N3O3. The van der Waals surface area contributed by atoms with Crippen molar-refractivity contribution in [1.29, 1.82) is 0 Å². The molecule has 29 heavy (non-hydrogen) atoms. The number of amides is 3. The molecule has 0 unspecified atom stereocenters. The Bertz CT molecular complexity index is 859. The molecule has 0 spiro atoms. The highest BCUT2D eigenvalue weighted by molar-refractivity contribution is 5.96. The van der Waals surface area contributed by atoms with E-state index in [1.54, 1.807) is 18.2 Å². The van der Waals surface area contributed by atoms with Gasteiger partial charge in [0.2, 0.25) is 5.91 Å². The van der Waals surface area contributed by atoms with Gasteiger partial charge in [-0.1, -0.05) is 36.4 Å². The molecule has 1 fully saturated rings. The van der Waals surface area contributed by atoms with Gasteiger partial charge in [0.15, 0.2) is 0 Å². The van der Waals surface area contributed by atoms with Crippen molar-refractivity contribution < 1.29 is 14.4 Å². The fourth-order valence-corrected chi connectivity index (χ4v) is 3.50. The molecule has 0 saturated carbocycles. The Balaban J connectivity index is 1.38. The van der Waals surface area contributed by atoms with Gasteiger partial charge in [0, 0.05) is 43.2 Å². The van der Waals surface area contributed by atoms with Crippen LogP contribution in [-0.2, 0) is 4.79 Å². The van der Waals surface area contributed by atoms with Crippen molar-refractivity contribution in [2.75, 3.05) is 19.6 Å². The Hall–Kier alpha value is -3.15. The maximum absolute atomic E-state index is 12.4. The maximum atomic E-state index is 12.4. The first-order valence-electron chi connectivity index (χ1n) is 10.0. The van der Waals surface area contributed by atoms with Crippen LogP contribution < -0.4 is 10.6 Å². The first-order chi connectivity index (χ1) is 14.0. The first kappa shape index (κ1) is 20.6. The van der Waals surface area contributed by atoms with Gasteiger partial charge in [-0.05, 0) is 43.5 Å². The lowest BCUT2D eigenvalue weighted by Gasteiger charge is -2.32. The summed E-state index contributed by atoms with van der Waals surface area (Å²) in [5, 5.41) is 5.86. The van der Waals surface area contributed by atoms with Crippen LogP contribution in [0.15, 0.2) is 54.6 Å². The van der Waals surface area contributed by atoms with Crippen LogP contribution in [0.25, 0.3) is 0 Å². The summed E-state index contributed by atoms with van der Waals surface area (Å²) in [6, 6.07) is 16.6. The molecule has 0 atom stereocenters. The van der Waals surface area contributed by atoms with Gasteiger partial charge in [0.1, 0.15) is 0 Å². The molecule has 152 valence electrons. The van der Waals surface area contributed by atoms with E-state index < -0.39 is 0 Å². The largest absolute Gasteiger partial charge is 0.352 e. The van der Waals surface area contributed by atoms with Crippen molar-refractivity contribution in [3.8, 4) is 0 Å². The van der Waals surface area contributed by atoms with Crippen LogP contribution in [0, 0.1) is 6.92 Å². The number of nitrogens with one attached hydrogen (secondary N) is 2. The smallest absolute Gasteiger partial charge is 0.251 e. The van der Waals surface area contributed by atoms with E-state index in [1.165, 1.54) is 0 Å². The summed E-state index contributed by atoms with van der Waals surface area (Å²) >= 11 is 0. The number of benzene rings is 2. The number of rotatable bonds is 6. The van der Waals surface area contributed by atoms with E-state index in [2.05, 4.69) is 10.6 Å². The number of likely N-dealkylation sites (tertiary alicyclic amines) is 1. The molecular weight excluding hydrogens is 366 g/mol. The Morgan fingerprint density at radius 2 is 1.59 bits per heavy atom. The molecule has 6 nitrogen and oxygen atoms in total. The summed E-state index contributed by atoms with van der Waals surface area (Å²) in [6.07, 6.45) is 1.75. The zero-order valence-electron chi connectivity index (χ0n) is 16.7. The van der Waals surface area contributed by atoms with Crippen LogP contribution in [0.4, 0.5) is 0 Å². The fraction of sp³-hybridized carbons (Fsp3) is 0.348. The molecule has 0 aromatic heterocycles. The zero-order chi connectivity index (χ0) is 20.6. The van der Waals surface area contributed by atoms with Crippen LogP contribution in [0.2, 0.25) is 0 Å². The van der Waals surface area contributed by atoms with Crippen LogP contribution in [0.3, 0.4) is 0 Å². The monoisotopic (exact) mass is 393 g/mol. The van der Waals surface area contributed by atoms with Gasteiger partial charge in [-0.3, -0.25) is 14.4 Å². The van der Waals surface area contributed by atoms with E-state index >= 15 is 0 Å². The van der Waals surface area contributed by atoms with E-state index in [-0.39, 0.29) is 30.2 Å². The number of carbonyl (C=O) groups is 3. The van der Waals surface area contributed by atoms with E-state index in [1.807, 2.05) is 48.2 Å². The van der Waals surface area contributed by atoms with Gasteiger partial charge in [0.05, 0.1) is 0 Å². The number of hydrogen-bond acceptors (Lipinski definition) is 3. The quantitative estimate of drug-likeness (QED) is 0.792. The summed E-state index contributed by atoms with van der Waals surface area (Å²) in [4.78, 5) is 38.7. The van der Waals surface area contributed by atoms with Gasteiger partial charge >= 0.3 is 0 Å². The minimum Gasteiger partial charge on any atom is -0.352 e. The van der Waals surface area contributed by atoms with E-state index in [4.69, 9.17) is 0 Å². The Morgan fingerprint density at radius 3 is 2.28 bits per heavy atom. The molecule has 1 saturated heterocycles. The third kappa shape index (κ3) is 5.67. The molecule has 6 heteroatoms. The average molecular weight is 393 g/mol. The van der Waals surface area contributed by atoms with Crippen molar-refractivity contribution in [3.63, 3.8) is 0 Å². The standard InChI is InChI=1S/C23H27N3O3/c1-17-7-5-6-10-20(17)23(29)24-14-11-21(27)26-15-12-19(13-16-26)25-22(28)18-8-3-2-4-9-18/h2-10,19H,11-16H2,1H3,(H,24,29)(H,25,28). The molecule has 2 N–H and O–H groups in total. The molecule has 2 aromatic rings. The van der Waals surface area contributed by atoms with Crippen molar-refractivity contribution in [1.82, 2.24) is 15.5 Å². The fourth-order valence-electron chi connectivity index (χ4n) is 3.50. The van der Waals surface area contributed by atoms with Crippen molar-refractivity contribution in [3.05, 3.63) is 71.3 Å². The minimum atomic E-state index is -0.154. The summed E-state index contributed by atoms with van der Waals surface area (Å²) < 4.78 is 0. The number of aryl methyl sites for hydroxylation is 1. The van der Waals surface area contributed by atoms with Gasteiger partial charge < -0.3 is 15.5 Å². The summed E-state index contributed by atoms with van der Waals surface area (Å²) in [6.45, 7) is 3.44. The number of piperidine rings is 1. The van der Waals surface area contributed by atoms with Gasteiger partial charge in [-0.25, -0.2) is 0 Å². The molecule has 1 heterocycles. The highest BCUT2D eigenvalue weighted by atomic mass is 16.2. The molecule has 2 aromatic carbocycles. The molecule has 0 radical (unpaired) electrons. The van der Waals surface area contributed by atoms with E-state index in [9.17, 15) is 14.4 Å². The van der Waals surface area contributed by atoms with Gasteiger partial charge in [-0.15, -0.1) is 0 Å². The molecule has 1 aliphatic heterocycles. The van der Waals surface area contributed by atoms with Crippen molar-refractivity contribution in [2.24, 2.45) is 0 Å². The third-order valence-corrected chi connectivity index (χ3v) is 5.23. The average Bonchev–Trinajstić information content (AvgIpc) is 2.75. The lowest BCUT2D eigenvalue weighted by atomic mass is 10.0. The molecule has 0 bridgehead atoms. The molecule has 0 aliphatic carbocycles. The summed E-state index contributed by atoms with van der Waals surface area (Å²) in [7, 11) is 0. The Kier molecular flexibility index (Phi) is 7.00. The predicted octanol–water partition coefficient (Wildman–Crippen LogP) is 2.54. The second-order valence-corrected chi connectivity index (χ2v) is 7.32. The predicted molar refractivity (Wildman–Crippen MR) is 112 cm³/mol. The highest BCUT2D eigenvalue weighted by Crippen LogP contribution is 2.13. The second kappa shape index (κ2) is 9.87. The molecule has 3 rings (SSSR count). The van der Waals surface area contributed by atoms with E-state index in [0.717, 1.165) is 18.4 Å². The maximum Gasteiger partial charge on any atom is 0.251 e.